The fourth-order valence-corrected chi connectivity index (χ4v) is 5.12. The molecule has 0 unspecified atom stereocenters. The Bertz CT molecular complexity index is 1150. The second-order valence-corrected chi connectivity index (χ2v) is 8.35. The summed E-state index contributed by atoms with van der Waals surface area (Å²) in [7, 11) is 0. The maximum absolute atomic E-state index is 12.7. The summed E-state index contributed by atoms with van der Waals surface area (Å²) < 4.78 is 1.54. The smallest absolute Gasteiger partial charge is 0.267 e. The van der Waals surface area contributed by atoms with Gasteiger partial charge in [0.2, 0.25) is 0 Å². The van der Waals surface area contributed by atoms with E-state index in [4.69, 9.17) is 0 Å². The van der Waals surface area contributed by atoms with Crippen LogP contribution in [0.1, 0.15) is 22.2 Å². The lowest BCUT2D eigenvalue weighted by Gasteiger charge is -2.01. The topological polar surface area (TPSA) is 76.9 Å². The van der Waals surface area contributed by atoms with E-state index < -0.39 is 0 Å². The number of nitrogens with zero attached hydrogens (tertiary/aromatic N) is 3. The normalized spacial score (nSPS) is 11.2. The quantitative estimate of drug-likeness (QED) is 0.554. The summed E-state index contributed by atoms with van der Waals surface area (Å²) in [6.07, 6.45) is 1.52. The maximum atomic E-state index is 12.7. The molecule has 1 N–H and O–H groups in total. The third kappa shape index (κ3) is 2.87. The van der Waals surface area contributed by atoms with Crippen LogP contribution in [0.5, 0.6) is 0 Å². The molecular formula is C17H14N4O2S3. The first kappa shape index (κ1) is 17.1. The van der Waals surface area contributed by atoms with E-state index in [1.165, 1.54) is 33.6 Å². The highest BCUT2D eigenvalue weighted by molar-refractivity contribution is 7.21. The molecule has 0 aliphatic carbocycles. The number of fused-ring (bicyclic) bond motifs is 1. The van der Waals surface area contributed by atoms with Gasteiger partial charge in [-0.25, -0.2) is 9.97 Å². The standard InChI is InChI=1S/C17H14N4O2S3/c1-3-21-8-18-15-12(16(21)23)9(2)13(26-15)14(22)20-17-19-10(7-25-17)11-5-4-6-24-11/h4-8H,3H2,1-2H3,(H,19,20,22). The Morgan fingerprint density at radius 1 is 1.35 bits per heavy atom. The molecule has 0 spiro atoms. The predicted octanol–water partition coefficient (Wildman–Crippen LogP) is 4.22. The van der Waals surface area contributed by atoms with Crippen molar-refractivity contribution in [3.8, 4) is 10.6 Å². The molecule has 0 aliphatic rings. The van der Waals surface area contributed by atoms with Crippen molar-refractivity contribution < 1.29 is 4.79 Å². The van der Waals surface area contributed by atoms with Gasteiger partial charge in [0, 0.05) is 11.9 Å². The van der Waals surface area contributed by atoms with Gasteiger partial charge in [-0.15, -0.1) is 34.0 Å². The molecule has 0 aliphatic heterocycles. The number of nitrogens with one attached hydrogen (secondary N) is 1. The van der Waals surface area contributed by atoms with Crippen LogP contribution in [0.15, 0.2) is 34.0 Å². The zero-order valence-electron chi connectivity index (χ0n) is 14.0. The van der Waals surface area contributed by atoms with E-state index in [2.05, 4.69) is 15.3 Å². The minimum atomic E-state index is -0.264. The van der Waals surface area contributed by atoms with Crippen molar-refractivity contribution in [2.75, 3.05) is 5.32 Å². The van der Waals surface area contributed by atoms with Crippen LogP contribution in [0.2, 0.25) is 0 Å². The number of amides is 1. The SMILES string of the molecule is CCn1cnc2sc(C(=O)Nc3nc(-c4cccs4)cs3)c(C)c2c1=O. The minimum Gasteiger partial charge on any atom is -0.299 e. The lowest BCUT2D eigenvalue weighted by atomic mass is 10.2. The highest BCUT2D eigenvalue weighted by Gasteiger charge is 2.20. The summed E-state index contributed by atoms with van der Waals surface area (Å²) in [6.45, 7) is 4.22. The van der Waals surface area contributed by atoms with Crippen LogP contribution < -0.4 is 10.9 Å². The number of hydrogen-bond acceptors (Lipinski definition) is 7. The first-order valence-corrected chi connectivity index (χ1v) is 10.5. The summed E-state index contributed by atoms with van der Waals surface area (Å²) in [4.78, 5) is 36.1. The number of hydrogen-bond donors (Lipinski definition) is 1. The van der Waals surface area contributed by atoms with Gasteiger partial charge in [-0.05, 0) is 30.9 Å². The van der Waals surface area contributed by atoms with Crippen molar-refractivity contribution in [1.82, 2.24) is 14.5 Å². The number of carbonyl (C=O) groups is 1. The molecule has 4 aromatic rings. The second-order valence-electron chi connectivity index (χ2n) is 5.54. The van der Waals surface area contributed by atoms with Gasteiger partial charge in [0.25, 0.3) is 11.5 Å². The van der Waals surface area contributed by atoms with Gasteiger partial charge in [0.15, 0.2) is 5.13 Å². The summed E-state index contributed by atoms with van der Waals surface area (Å²) in [5.41, 5.74) is 1.40. The van der Waals surface area contributed by atoms with E-state index in [-0.39, 0.29) is 11.5 Å². The molecule has 0 aromatic carbocycles. The summed E-state index contributed by atoms with van der Waals surface area (Å²) in [6, 6.07) is 3.96. The van der Waals surface area contributed by atoms with E-state index >= 15 is 0 Å². The van der Waals surface area contributed by atoms with Crippen LogP contribution in [0, 0.1) is 6.92 Å². The van der Waals surface area contributed by atoms with Crippen molar-refractivity contribution in [3.63, 3.8) is 0 Å². The van der Waals surface area contributed by atoms with Crippen LogP contribution in [-0.2, 0) is 6.54 Å². The van der Waals surface area contributed by atoms with Gasteiger partial charge in [0.1, 0.15) is 4.83 Å². The van der Waals surface area contributed by atoms with E-state index in [0.29, 0.717) is 32.3 Å². The molecule has 0 saturated carbocycles. The zero-order valence-corrected chi connectivity index (χ0v) is 16.4. The molecule has 1 amide bonds. The molecule has 26 heavy (non-hydrogen) atoms. The molecule has 4 heterocycles. The number of thiazole rings is 1. The van der Waals surface area contributed by atoms with Crippen LogP contribution in [0.4, 0.5) is 5.13 Å². The van der Waals surface area contributed by atoms with E-state index in [0.717, 1.165) is 10.6 Å². The average Bonchev–Trinajstić information content (AvgIpc) is 3.35. The van der Waals surface area contributed by atoms with Crippen molar-refractivity contribution >= 4 is 55.3 Å². The fourth-order valence-electron chi connectivity index (χ4n) is 2.62. The molecule has 132 valence electrons. The zero-order chi connectivity index (χ0) is 18.3. The highest BCUT2D eigenvalue weighted by Crippen LogP contribution is 2.30. The molecule has 0 radical (unpaired) electrons. The average molecular weight is 403 g/mol. The Hall–Kier alpha value is -2.36. The summed E-state index contributed by atoms with van der Waals surface area (Å²) in [5, 5.41) is 7.80. The number of aromatic nitrogens is 3. The molecule has 0 saturated heterocycles. The maximum Gasteiger partial charge on any atom is 0.267 e. The molecule has 6 nitrogen and oxygen atoms in total. The van der Waals surface area contributed by atoms with E-state index in [1.54, 1.807) is 18.3 Å². The third-order valence-corrected chi connectivity index (χ3v) is 6.81. The summed E-state index contributed by atoms with van der Waals surface area (Å²) in [5.74, 6) is -0.264. The van der Waals surface area contributed by atoms with Gasteiger partial charge in [-0.2, -0.15) is 0 Å². The van der Waals surface area contributed by atoms with Gasteiger partial charge in [-0.1, -0.05) is 6.07 Å². The third-order valence-electron chi connectivity index (χ3n) is 3.96. The summed E-state index contributed by atoms with van der Waals surface area (Å²) >= 11 is 4.21. The Kier molecular flexibility index (Phi) is 4.43. The van der Waals surface area contributed by atoms with E-state index in [9.17, 15) is 9.59 Å². The van der Waals surface area contributed by atoms with Crippen LogP contribution >= 0.6 is 34.0 Å². The number of thiophene rings is 2. The molecule has 0 atom stereocenters. The Morgan fingerprint density at radius 3 is 2.92 bits per heavy atom. The predicted molar refractivity (Wildman–Crippen MR) is 108 cm³/mol. The van der Waals surface area contributed by atoms with Crippen LogP contribution in [0.25, 0.3) is 20.8 Å². The number of aryl methyl sites for hydroxylation is 2. The second kappa shape index (κ2) is 6.75. The monoisotopic (exact) mass is 402 g/mol. The van der Waals surface area contributed by atoms with Gasteiger partial charge >= 0.3 is 0 Å². The molecule has 0 fully saturated rings. The molecule has 0 bridgehead atoms. The van der Waals surface area contributed by atoms with Gasteiger partial charge in [-0.3, -0.25) is 19.5 Å². The van der Waals surface area contributed by atoms with Crippen molar-refractivity contribution in [1.29, 1.82) is 0 Å². The molecule has 9 heteroatoms. The Balaban J connectivity index is 1.66. The van der Waals surface area contributed by atoms with Gasteiger partial charge in [0.05, 0.1) is 27.2 Å². The Morgan fingerprint density at radius 2 is 2.19 bits per heavy atom. The minimum absolute atomic E-state index is 0.112. The van der Waals surface area contributed by atoms with Crippen LogP contribution in [-0.4, -0.2) is 20.4 Å². The number of rotatable bonds is 4. The van der Waals surface area contributed by atoms with Crippen LogP contribution in [0.3, 0.4) is 0 Å². The molecule has 4 rings (SSSR count). The lowest BCUT2D eigenvalue weighted by Crippen LogP contribution is -2.19. The molecular weight excluding hydrogens is 388 g/mol. The van der Waals surface area contributed by atoms with Crippen molar-refractivity contribution in [2.24, 2.45) is 0 Å². The molecule has 4 aromatic heterocycles. The van der Waals surface area contributed by atoms with Gasteiger partial charge < -0.3 is 0 Å². The first-order valence-electron chi connectivity index (χ1n) is 7.87. The number of anilines is 1. The number of carbonyl (C=O) groups excluding carboxylic acids is 1. The van der Waals surface area contributed by atoms with Crippen molar-refractivity contribution in [2.45, 2.75) is 20.4 Å². The first-order chi connectivity index (χ1) is 12.6. The largest absolute Gasteiger partial charge is 0.299 e. The van der Waals surface area contributed by atoms with E-state index in [1.807, 2.05) is 29.8 Å². The van der Waals surface area contributed by atoms with Crippen molar-refractivity contribution in [3.05, 3.63) is 50.0 Å². The Labute approximate surface area is 160 Å². The highest BCUT2D eigenvalue weighted by atomic mass is 32.1. The lowest BCUT2D eigenvalue weighted by molar-refractivity contribution is 0.103. The fraction of sp³-hybridized carbons (Fsp3) is 0.176.